The molecule has 2 atom stereocenters. The molecule has 0 amide bonds. The first-order chi connectivity index (χ1) is 14.5. The molecule has 0 unspecified atom stereocenters. The lowest BCUT2D eigenvalue weighted by Crippen LogP contribution is -3.17. The maximum atomic E-state index is 12.2. The van der Waals surface area contributed by atoms with Gasteiger partial charge in [0.05, 0.1) is 13.2 Å². The second kappa shape index (κ2) is 9.13. The molecule has 1 aromatic heterocycles. The summed E-state index contributed by atoms with van der Waals surface area (Å²) in [7, 11) is 0. The van der Waals surface area contributed by atoms with Crippen molar-refractivity contribution in [1.82, 2.24) is 0 Å². The van der Waals surface area contributed by atoms with E-state index in [0.717, 1.165) is 60.5 Å². The molecule has 4 rings (SSSR count). The van der Waals surface area contributed by atoms with Gasteiger partial charge in [-0.2, -0.15) is 0 Å². The highest BCUT2D eigenvalue weighted by Gasteiger charge is 2.33. The van der Waals surface area contributed by atoms with Gasteiger partial charge in [0.25, 0.3) is 0 Å². The predicted molar refractivity (Wildman–Crippen MR) is 118 cm³/mol. The maximum Gasteiger partial charge on any atom is 0.336 e. The molecule has 158 valence electrons. The average Bonchev–Trinajstić information content (AvgIpc) is 2.76. The van der Waals surface area contributed by atoms with E-state index in [2.05, 4.69) is 54.7 Å². The Hall–Kier alpha value is -2.47. The van der Waals surface area contributed by atoms with E-state index in [1.807, 2.05) is 13.8 Å². The molecule has 3 N–H and O–H groups in total. The summed E-state index contributed by atoms with van der Waals surface area (Å²) < 4.78 is 11.1. The molecule has 0 saturated carbocycles. The zero-order chi connectivity index (χ0) is 21.1. The highest BCUT2D eigenvalue weighted by molar-refractivity contribution is 5.83. The third-order valence-corrected chi connectivity index (χ3v) is 6.49. The molecular formula is C25H32N2O3+2. The van der Waals surface area contributed by atoms with Crippen LogP contribution in [0.25, 0.3) is 11.0 Å². The van der Waals surface area contributed by atoms with Crippen LogP contribution in [0.4, 0.5) is 0 Å². The van der Waals surface area contributed by atoms with Crippen LogP contribution >= 0.6 is 0 Å². The number of hydrogen-bond donors (Lipinski definition) is 2. The monoisotopic (exact) mass is 408 g/mol. The van der Waals surface area contributed by atoms with Crippen molar-refractivity contribution >= 4 is 11.0 Å². The molecule has 0 bridgehead atoms. The van der Waals surface area contributed by atoms with Crippen LogP contribution in [-0.2, 0) is 11.3 Å². The zero-order valence-corrected chi connectivity index (χ0v) is 18.1. The molecule has 2 heterocycles. The molecule has 0 aliphatic carbocycles. The topological polar surface area (TPSA) is 60.5 Å². The van der Waals surface area contributed by atoms with Crippen LogP contribution in [0.1, 0.15) is 35.2 Å². The van der Waals surface area contributed by atoms with Gasteiger partial charge < -0.3 is 19.4 Å². The van der Waals surface area contributed by atoms with Crippen LogP contribution in [0, 0.1) is 13.8 Å². The summed E-state index contributed by atoms with van der Waals surface area (Å²) in [4.78, 5) is 13.8. The molecule has 0 radical (unpaired) electrons. The Bertz CT molecular complexity index is 1060. The summed E-state index contributed by atoms with van der Waals surface area (Å²) in [5.41, 5.74) is 5.03. The molecule has 1 fully saturated rings. The molecular weight excluding hydrogens is 376 g/mol. The summed E-state index contributed by atoms with van der Waals surface area (Å²) in [5, 5.41) is 3.40. The van der Waals surface area contributed by atoms with Crippen molar-refractivity contribution in [2.24, 2.45) is 0 Å². The fourth-order valence-electron chi connectivity index (χ4n) is 4.66. The van der Waals surface area contributed by atoms with E-state index in [4.69, 9.17) is 9.15 Å². The first-order valence-corrected chi connectivity index (χ1v) is 10.9. The lowest BCUT2D eigenvalue weighted by Gasteiger charge is -2.34. The molecule has 1 saturated heterocycles. The molecule has 1 aliphatic heterocycles. The Morgan fingerprint density at radius 3 is 2.53 bits per heavy atom. The van der Waals surface area contributed by atoms with Crippen molar-refractivity contribution in [3.05, 3.63) is 81.2 Å². The van der Waals surface area contributed by atoms with E-state index in [1.165, 1.54) is 5.56 Å². The Kier molecular flexibility index (Phi) is 6.32. The van der Waals surface area contributed by atoms with E-state index >= 15 is 0 Å². The van der Waals surface area contributed by atoms with Crippen LogP contribution in [0.3, 0.4) is 0 Å². The van der Waals surface area contributed by atoms with Crippen LogP contribution in [0.5, 0.6) is 0 Å². The second-order valence-corrected chi connectivity index (χ2v) is 8.43. The van der Waals surface area contributed by atoms with Gasteiger partial charge in [-0.15, -0.1) is 0 Å². The maximum absolute atomic E-state index is 12.2. The molecule has 3 aromatic rings. The standard InChI is InChI=1S/C25H30N2O3/c1-17-9-10-22-21(15-23(28)30-25(22)18(17)2)16-26-19(3)24(20-7-5-4-6-8-20)27-11-13-29-14-12-27/h4-10,15,19,24,26H,11-14,16H2,1-3H3/p+2/t19-,24-/m1/s1. The molecule has 2 aromatic carbocycles. The minimum absolute atomic E-state index is 0.273. The lowest BCUT2D eigenvalue weighted by atomic mass is 9.97. The Morgan fingerprint density at radius 1 is 1.07 bits per heavy atom. The van der Waals surface area contributed by atoms with Gasteiger partial charge in [0.2, 0.25) is 0 Å². The SMILES string of the molecule is Cc1ccc2c(C[NH2+][C@H](C)[C@H](c3ccccc3)[NH+]3CCOCC3)cc(=O)oc2c1C. The Morgan fingerprint density at radius 2 is 1.80 bits per heavy atom. The largest absolute Gasteiger partial charge is 0.422 e. The minimum Gasteiger partial charge on any atom is -0.422 e. The minimum atomic E-state index is -0.273. The van der Waals surface area contributed by atoms with E-state index in [0.29, 0.717) is 12.1 Å². The van der Waals surface area contributed by atoms with Gasteiger partial charge in [0.1, 0.15) is 31.3 Å². The summed E-state index contributed by atoms with van der Waals surface area (Å²) in [6, 6.07) is 17.4. The first-order valence-electron chi connectivity index (χ1n) is 10.9. The van der Waals surface area contributed by atoms with Gasteiger partial charge in [-0.3, -0.25) is 0 Å². The average molecular weight is 409 g/mol. The predicted octanol–water partition coefficient (Wildman–Crippen LogP) is 1.52. The summed E-state index contributed by atoms with van der Waals surface area (Å²) in [5.74, 6) is 0. The van der Waals surface area contributed by atoms with Gasteiger partial charge in [0.15, 0.2) is 6.04 Å². The third kappa shape index (κ3) is 4.33. The van der Waals surface area contributed by atoms with E-state index in [-0.39, 0.29) is 5.63 Å². The zero-order valence-electron chi connectivity index (χ0n) is 18.1. The summed E-state index contributed by atoms with van der Waals surface area (Å²) in [6.45, 7) is 10.8. The highest BCUT2D eigenvalue weighted by Crippen LogP contribution is 2.23. The smallest absolute Gasteiger partial charge is 0.336 e. The van der Waals surface area contributed by atoms with Crippen molar-refractivity contribution in [1.29, 1.82) is 0 Å². The first kappa shape index (κ1) is 20.8. The fraction of sp³-hybridized carbons (Fsp3) is 0.400. The van der Waals surface area contributed by atoms with Crippen molar-refractivity contribution < 1.29 is 19.4 Å². The number of benzene rings is 2. The number of aryl methyl sites for hydroxylation is 2. The Balaban J connectivity index is 1.60. The van der Waals surface area contributed by atoms with E-state index in [9.17, 15) is 4.79 Å². The molecule has 5 heteroatoms. The van der Waals surface area contributed by atoms with Crippen molar-refractivity contribution in [2.45, 2.75) is 39.4 Å². The summed E-state index contributed by atoms with van der Waals surface area (Å²) >= 11 is 0. The number of nitrogens with two attached hydrogens (primary N) is 1. The summed E-state index contributed by atoms with van der Waals surface area (Å²) in [6.07, 6.45) is 0. The number of nitrogens with one attached hydrogen (secondary N) is 1. The van der Waals surface area contributed by atoms with Gasteiger partial charge in [-0.1, -0.05) is 42.5 Å². The van der Waals surface area contributed by atoms with E-state index in [1.54, 1.807) is 11.0 Å². The lowest BCUT2D eigenvalue weighted by molar-refractivity contribution is -0.959. The number of rotatable bonds is 6. The van der Waals surface area contributed by atoms with Crippen molar-refractivity contribution in [3.63, 3.8) is 0 Å². The van der Waals surface area contributed by atoms with Gasteiger partial charge in [-0.05, 0) is 31.9 Å². The Labute approximate surface area is 177 Å². The normalized spacial score (nSPS) is 17.2. The van der Waals surface area contributed by atoms with Crippen molar-refractivity contribution in [2.75, 3.05) is 26.3 Å². The molecule has 1 aliphatic rings. The van der Waals surface area contributed by atoms with Crippen molar-refractivity contribution in [3.8, 4) is 0 Å². The highest BCUT2D eigenvalue weighted by atomic mass is 16.5. The fourth-order valence-corrected chi connectivity index (χ4v) is 4.66. The van der Waals surface area contributed by atoms with Gasteiger partial charge in [-0.25, -0.2) is 4.79 Å². The van der Waals surface area contributed by atoms with Gasteiger partial charge >= 0.3 is 5.63 Å². The van der Waals surface area contributed by atoms with Crippen LogP contribution in [-0.4, -0.2) is 32.3 Å². The van der Waals surface area contributed by atoms with Crippen LogP contribution < -0.4 is 15.8 Å². The number of ether oxygens (including phenoxy) is 1. The van der Waals surface area contributed by atoms with E-state index < -0.39 is 0 Å². The second-order valence-electron chi connectivity index (χ2n) is 8.43. The molecule has 30 heavy (non-hydrogen) atoms. The molecule has 0 spiro atoms. The number of hydrogen-bond acceptors (Lipinski definition) is 3. The quantitative estimate of drug-likeness (QED) is 0.608. The number of quaternary nitrogens is 2. The van der Waals surface area contributed by atoms with Crippen LogP contribution in [0.2, 0.25) is 0 Å². The third-order valence-electron chi connectivity index (χ3n) is 6.49. The number of fused-ring (bicyclic) bond motifs is 1. The van der Waals surface area contributed by atoms with Gasteiger partial charge in [0, 0.05) is 22.6 Å². The molecule has 5 nitrogen and oxygen atoms in total. The van der Waals surface area contributed by atoms with Crippen LogP contribution in [0.15, 0.2) is 57.7 Å². The number of morpholine rings is 1.